The molecule has 0 saturated heterocycles. The zero-order chi connectivity index (χ0) is 16.8. The largest absolute Gasteiger partial charge is 0.497 e. The summed E-state index contributed by atoms with van der Waals surface area (Å²) in [5, 5.41) is 0. The van der Waals surface area contributed by atoms with Crippen molar-refractivity contribution in [3.05, 3.63) is 90.3 Å². The summed E-state index contributed by atoms with van der Waals surface area (Å²) in [6.45, 7) is 0.481. The molecule has 1 aromatic heterocycles. The lowest BCUT2D eigenvalue weighted by Crippen LogP contribution is -2.30. The van der Waals surface area contributed by atoms with Crippen molar-refractivity contribution in [1.29, 1.82) is 0 Å². The molecule has 24 heavy (non-hydrogen) atoms. The molecule has 4 nitrogen and oxygen atoms in total. The number of hydrogen-bond acceptors (Lipinski definition) is 3. The molecule has 0 spiro atoms. The number of anilines is 1. The predicted molar refractivity (Wildman–Crippen MR) is 94.2 cm³/mol. The molecule has 0 radical (unpaired) electrons. The van der Waals surface area contributed by atoms with Crippen LogP contribution in [0, 0.1) is 0 Å². The first kappa shape index (κ1) is 15.7. The van der Waals surface area contributed by atoms with Gasteiger partial charge >= 0.3 is 0 Å². The van der Waals surface area contributed by atoms with Crippen LogP contribution < -0.4 is 9.64 Å². The van der Waals surface area contributed by atoms with E-state index in [0.29, 0.717) is 17.9 Å². The van der Waals surface area contributed by atoms with Crippen molar-refractivity contribution in [2.24, 2.45) is 0 Å². The smallest absolute Gasteiger partial charge is 0.258 e. The molecule has 3 aromatic rings. The Kier molecular flexibility index (Phi) is 4.87. The second-order valence-electron chi connectivity index (χ2n) is 5.31. The van der Waals surface area contributed by atoms with Gasteiger partial charge in [0.15, 0.2) is 0 Å². The molecule has 0 aliphatic carbocycles. The van der Waals surface area contributed by atoms with Crippen LogP contribution in [0.4, 0.5) is 5.69 Å². The minimum absolute atomic E-state index is 0.0745. The van der Waals surface area contributed by atoms with Crippen molar-refractivity contribution < 1.29 is 9.53 Å². The third kappa shape index (κ3) is 3.60. The second-order valence-corrected chi connectivity index (χ2v) is 5.31. The normalized spacial score (nSPS) is 10.2. The van der Waals surface area contributed by atoms with E-state index < -0.39 is 0 Å². The van der Waals surface area contributed by atoms with Crippen LogP contribution in [-0.2, 0) is 6.54 Å². The zero-order valence-electron chi connectivity index (χ0n) is 13.4. The molecule has 0 N–H and O–H groups in total. The van der Waals surface area contributed by atoms with Crippen LogP contribution in [0.5, 0.6) is 5.75 Å². The lowest BCUT2D eigenvalue weighted by Gasteiger charge is -2.23. The number of pyridine rings is 1. The molecular weight excluding hydrogens is 300 g/mol. The average Bonchev–Trinajstić information content (AvgIpc) is 2.67. The summed E-state index contributed by atoms with van der Waals surface area (Å²) >= 11 is 0. The Morgan fingerprint density at radius 3 is 2.46 bits per heavy atom. The molecular formula is C20H18N2O2. The van der Waals surface area contributed by atoms with E-state index in [1.54, 1.807) is 36.5 Å². The zero-order valence-corrected chi connectivity index (χ0v) is 13.4. The highest BCUT2D eigenvalue weighted by Crippen LogP contribution is 2.24. The first-order valence-electron chi connectivity index (χ1n) is 7.68. The molecule has 0 aliphatic rings. The summed E-state index contributed by atoms with van der Waals surface area (Å²) in [5.74, 6) is 0.641. The molecule has 0 saturated carbocycles. The number of carbonyl (C=O) groups is 1. The van der Waals surface area contributed by atoms with Crippen LogP contribution in [0.3, 0.4) is 0 Å². The molecule has 4 heteroatoms. The van der Waals surface area contributed by atoms with Crippen LogP contribution in [0.15, 0.2) is 79.1 Å². The maximum Gasteiger partial charge on any atom is 0.258 e. The number of benzene rings is 2. The molecule has 3 rings (SSSR count). The van der Waals surface area contributed by atoms with Crippen molar-refractivity contribution >= 4 is 11.6 Å². The van der Waals surface area contributed by atoms with Crippen molar-refractivity contribution in [3.8, 4) is 5.75 Å². The van der Waals surface area contributed by atoms with Crippen molar-refractivity contribution in [3.63, 3.8) is 0 Å². The van der Waals surface area contributed by atoms with E-state index in [1.165, 1.54) is 0 Å². The van der Waals surface area contributed by atoms with Gasteiger partial charge in [-0.25, -0.2) is 0 Å². The van der Waals surface area contributed by atoms with E-state index in [4.69, 9.17) is 4.74 Å². The molecule has 0 unspecified atom stereocenters. The van der Waals surface area contributed by atoms with Gasteiger partial charge in [-0.1, -0.05) is 36.4 Å². The topological polar surface area (TPSA) is 42.4 Å². The number of ether oxygens (including phenoxy) is 1. The van der Waals surface area contributed by atoms with E-state index in [0.717, 1.165) is 11.3 Å². The molecule has 0 aliphatic heterocycles. The maximum absolute atomic E-state index is 13.0. The first-order valence-corrected chi connectivity index (χ1v) is 7.68. The van der Waals surface area contributed by atoms with Gasteiger partial charge in [0.25, 0.3) is 5.91 Å². The predicted octanol–water partition coefficient (Wildman–Crippen LogP) is 3.94. The van der Waals surface area contributed by atoms with Crippen LogP contribution in [0.2, 0.25) is 0 Å². The van der Waals surface area contributed by atoms with E-state index in [-0.39, 0.29) is 5.91 Å². The highest BCUT2D eigenvalue weighted by molar-refractivity contribution is 6.06. The van der Waals surface area contributed by atoms with E-state index in [1.807, 2.05) is 54.6 Å². The standard InChI is InChI=1S/C20H18N2O2/c1-24-19-9-5-8-18(14-19)22(15-16-6-3-2-4-7-16)20(23)17-10-12-21-13-11-17/h2-14H,15H2,1H3. The number of hydrogen-bond donors (Lipinski definition) is 0. The van der Waals surface area contributed by atoms with Crippen LogP contribution in [-0.4, -0.2) is 18.0 Å². The number of aromatic nitrogens is 1. The van der Waals surface area contributed by atoms with Gasteiger partial charge in [0.2, 0.25) is 0 Å². The number of nitrogens with zero attached hydrogens (tertiary/aromatic N) is 2. The summed E-state index contributed by atoms with van der Waals surface area (Å²) in [6.07, 6.45) is 3.25. The Balaban J connectivity index is 1.98. The Morgan fingerprint density at radius 2 is 1.75 bits per heavy atom. The van der Waals surface area contributed by atoms with Gasteiger partial charge in [-0.3, -0.25) is 9.78 Å². The number of methoxy groups -OCH3 is 1. The molecule has 0 bridgehead atoms. The fourth-order valence-corrected chi connectivity index (χ4v) is 2.48. The number of rotatable bonds is 5. The Bertz CT molecular complexity index is 804. The van der Waals surface area contributed by atoms with E-state index in [2.05, 4.69) is 4.98 Å². The van der Waals surface area contributed by atoms with Gasteiger partial charge in [0.05, 0.1) is 13.7 Å². The highest BCUT2D eigenvalue weighted by atomic mass is 16.5. The Labute approximate surface area is 141 Å². The number of carbonyl (C=O) groups excluding carboxylic acids is 1. The molecule has 1 amide bonds. The Hall–Kier alpha value is -3.14. The van der Waals surface area contributed by atoms with Gasteiger partial charge in [-0.2, -0.15) is 0 Å². The fraction of sp³-hybridized carbons (Fsp3) is 0.100. The minimum Gasteiger partial charge on any atom is -0.497 e. The van der Waals surface area contributed by atoms with Crippen molar-refractivity contribution in [2.45, 2.75) is 6.54 Å². The highest BCUT2D eigenvalue weighted by Gasteiger charge is 2.18. The third-order valence-corrected chi connectivity index (χ3v) is 3.72. The summed E-state index contributed by atoms with van der Waals surface area (Å²) in [5.41, 5.74) is 2.45. The van der Waals surface area contributed by atoms with Crippen LogP contribution >= 0.6 is 0 Å². The third-order valence-electron chi connectivity index (χ3n) is 3.72. The quantitative estimate of drug-likeness (QED) is 0.715. The summed E-state index contributed by atoms with van der Waals surface area (Å²) in [7, 11) is 1.62. The molecule has 2 aromatic carbocycles. The van der Waals surface area contributed by atoms with Crippen LogP contribution in [0.1, 0.15) is 15.9 Å². The SMILES string of the molecule is COc1cccc(N(Cc2ccccc2)C(=O)c2ccncc2)c1. The van der Waals surface area contributed by atoms with Gasteiger partial charge in [-0.15, -0.1) is 0 Å². The molecule has 0 fully saturated rings. The molecule has 0 atom stereocenters. The van der Waals surface area contributed by atoms with Gasteiger partial charge in [0, 0.05) is 29.7 Å². The van der Waals surface area contributed by atoms with Crippen molar-refractivity contribution in [2.75, 3.05) is 12.0 Å². The van der Waals surface area contributed by atoms with Crippen molar-refractivity contribution in [1.82, 2.24) is 4.98 Å². The van der Waals surface area contributed by atoms with Gasteiger partial charge < -0.3 is 9.64 Å². The second kappa shape index (κ2) is 7.42. The lowest BCUT2D eigenvalue weighted by molar-refractivity contribution is 0.0985. The number of amides is 1. The van der Waals surface area contributed by atoms with Crippen LogP contribution in [0.25, 0.3) is 0 Å². The molecule has 120 valence electrons. The monoisotopic (exact) mass is 318 g/mol. The van der Waals surface area contributed by atoms with Gasteiger partial charge in [-0.05, 0) is 29.8 Å². The maximum atomic E-state index is 13.0. The lowest BCUT2D eigenvalue weighted by atomic mass is 10.1. The summed E-state index contributed by atoms with van der Waals surface area (Å²) < 4.78 is 5.29. The van der Waals surface area contributed by atoms with Gasteiger partial charge in [0.1, 0.15) is 5.75 Å². The molecule has 1 heterocycles. The summed E-state index contributed by atoms with van der Waals surface area (Å²) in [4.78, 5) is 18.7. The summed E-state index contributed by atoms with van der Waals surface area (Å²) in [6, 6.07) is 20.9. The average molecular weight is 318 g/mol. The van der Waals surface area contributed by atoms with E-state index >= 15 is 0 Å². The Morgan fingerprint density at radius 1 is 1.00 bits per heavy atom. The fourth-order valence-electron chi connectivity index (χ4n) is 2.48. The first-order chi connectivity index (χ1) is 11.8. The minimum atomic E-state index is -0.0745. The van der Waals surface area contributed by atoms with E-state index in [9.17, 15) is 4.79 Å².